The number of pyridine rings is 2. The molecule has 0 amide bonds. The summed E-state index contributed by atoms with van der Waals surface area (Å²) in [5.41, 5.74) is 2.48. The van der Waals surface area contributed by atoms with Gasteiger partial charge in [-0.1, -0.05) is 12.1 Å². The number of aromatic nitrogens is 4. The monoisotopic (exact) mass is 319 g/mol. The Balaban J connectivity index is 1.40. The zero-order chi connectivity index (χ0) is 16.2. The fraction of sp³-hybridized carbons (Fsp3) is 0.316. The Bertz CT molecular complexity index is 761. The van der Waals surface area contributed by atoms with Crippen molar-refractivity contribution >= 4 is 0 Å². The van der Waals surface area contributed by atoms with Crippen molar-refractivity contribution in [2.45, 2.75) is 25.3 Å². The number of hydrogen-bond acceptors (Lipinski definition) is 4. The Morgan fingerprint density at radius 2 is 1.92 bits per heavy atom. The van der Waals surface area contributed by atoms with Gasteiger partial charge in [-0.15, -0.1) is 0 Å². The van der Waals surface area contributed by atoms with Gasteiger partial charge in [0.1, 0.15) is 12.1 Å². The van der Waals surface area contributed by atoms with Crippen molar-refractivity contribution in [1.82, 2.24) is 24.4 Å². The highest BCUT2D eigenvalue weighted by Gasteiger charge is 2.22. The summed E-state index contributed by atoms with van der Waals surface area (Å²) in [5, 5.41) is 0. The number of imidazole rings is 1. The third kappa shape index (κ3) is 3.36. The van der Waals surface area contributed by atoms with Gasteiger partial charge in [0.25, 0.3) is 0 Å². The molecule has 0 N–H and O–H groups in total. The summed E-state index contributed by atoms with van der Waals surface area (Å²) in [6.07, 6.45) is 11.6. The summed E-state index contributed by atoms with van der Waals surface area (Å²) < 4.78 is 1.96. The highest BCUT2D eigenvalue weighted by molar-refractivity contribution is 5.26. The van der Waals surface area contributed by atoms with E-state index in [4.69, 9.17) is 4.98 Å². The molecule has 0 bridgehead atoms. The fourth-order valence-electron chi connectivity index (χ4n) is 3.34. The number of likely N-dealkylation sites (tertiary alicyclic amines) is 1. The van der Waals surface area contributed by atoms with E-state index in [1.165, 1.54) is 11.3 Å². The molecular weight excluding hydrogens is 298 g/mol. The van der Waals surface area contributed by atoms with Crippen molar-refractivity contribution in [1.29, 1.82) is 0 Å². The number of rotatable bonds is 4. The quantitative estimate of drug-likeness (QED) is 0.741. The first-order valence-corrected chi connectivity index (χ1v) is 8.45. The molecule has 4 heterocycles. The molecule has 0 unspecified atom stereocenters. The molecule has 122 valence electrons. The molecular formula is C19H21N5. The molecule has 0 radical (unpaired) electrons. The summed E-state index contributed by atoms with van der Waals surface area (Å²) in [7, 11) is 0. The maximum atomic E-state index is 4.84. The van der Waals surface area contributed by atoms with Crippen LogP contribution in [0.15, 0.2) is 61.4 Å². The summed E-state index contributed by atoms with van der Waals surface area (Å²) in [4.78, 5) is 15.7. The third-order valence-corrected chi connectivity index (χ3v) is 4.66. The van der Waals surface area contributed by atoms with Gasteiger partial charge in [-0.25, -0.2) is 9.97 Å². The maximum Gasteiger partial charge on any atom is 0.138 e. The Kier molecular flexibility index (Phi) is 4.34. The van der Waals surface area contributed by atoms with Crippen molar-refractivity contribution in [2.75, 3.05) is 13.1 Å². The molecule has 3 aromatic rings. The normalized spacial score (nSPS) is 16.3. The van der Waals surface area contributed by atoms with E-state index in [1.54, 1.807) is 12.5 Å². The second-order valence-corrected chi connectivity index (χ2v) is 6.30. The molecule has 0 saturated carbocycles. The highest BCUT2D eigenvalue weighted by atomic mass is 15.1. The minimum absolute atomic E-state index is 0.540. The molecule has 0 atom stereocenters. The van der Waals surface area contributed by atoms with Crippen molar-refractivity contribution in [3.8, 4) is 5.82 Å². The van der Waals surface area contributed by atoms with E-state index in [0.29, 0.717) is 5.92 Å². The van der Waals surface area contributed by atoms with Crippen LogP contribution in [-0.2, 0) is 6.54 Å². The van der Waals surface area contributed by atoms with E-state index in [9.17, 15) is 0 Å². The fourth-order valence-corrected chi connectivity index (χ4v) is 3.34. The van der Waals surface area contributed by atoms with Crippen LogP contribution in [0.1, 0.15) is 30.0 Å². The smallest absolute Gasteiger partial charge is 0.138 e. The standard InChI is InChI=1S/C19H21N5/c1-4-18(22-19(5-1)24-12-9-21-15-24)17-6-10-23(11-7-17)14-16-3-2-8-20-13-16/h1-5,8-9,12-13,15,17H,6-7,10-11,14H2. The van der Waals surface area contributed by atoms with Gasteiger partial charge in [-0.2, -0.15) is 0 Å². The lowest BCUT2D eigenvalue weighted by atomic mass is 9.93. The molecule has 0 aliphatic carbocycles. The predicted molar refractivity (Wildman–Crippen MR) is 92.8 cm³/mol. The Morgan fingerprint density at radius 1 is 1.00 bits per heavy atom. The van der Waals surface area contributed by atoms with Gasteiger partial charge in [-0.05, 0) is 49.7 Å². The number of piperidine rings is 1. The highest BCUT2D eigenvalue weighted by Crippen LogP contribution is 2.27. The first-order valence-electron chi connectivity index (χ1n) is 8.45. The van der Waals surface area contributed by atoms with E-state index in [2.05, 4.69) is 33.1 Å². The first-order chi connectivity index (χ1) is 11.9. The zero-order valence-corrected chi connectivity index (χ0v) is 13.6. The Morgan fingerprint density at radius 3 is 2.67 bits per heavy atom. The van der Waals surface area contributed by atoms with Crippen LogP contribution in [0, 0.1) is 0 Å². The van der Waals surface area contributed by atoms with Gasteiger partial charge >= 0.3 is 0 Å². The van der Waals surface area contributed by atoms with Crippen molar-refractivity contribution in [3.63, 3.8) is 0 Å². The van der Waals surface area contributed by atoms with Crippen LogP contribution >= 0.6 is 0 Å². The van der Waals surface area contributed by atoms with Crippen molar-refractivity contribution < 1.29 is 0 Å². The minimum Gasteiger partial charge on any atom is -0.299 e. The summed E-state index contributed by atoms with van der Waals surface area (Å²) in [6.45, 7) is 3.20. The molecule has 24 heavy (non-hydrogen) atoms. The number of nitrogens with zero attached hydrogens (tertiary/aromatic N) is 5. The minimum atomic E-state index is 0.540. The lowest BCUT2D eigenvalue weighted by Gasteiger charge is -2.31. The second kappa shape index (κ2) is 6.93. The average molecular weight is 319 g/mol. The molecule has 0 spiro atoms. The maximum absolute atomic E-state index is 4.84. The summed E-state index contributed by atoms with van der Waals surface area (Å²) in [5.74, 6) is 1.49. The van der Waals surface area contributed by atoms with E-state index >= 15 is 0 Å². The Hall–Kier alpha value is -2.53. The zero-order valence-electron chi connectivity index (χ0n) is 13.6. The molecule has 1 aliphatic rings. The number of hydrogen-bond donors (Lipinski definition) is 0. The van der Waals surface area contributed by atoms with Gasteiger partial charge < -0.3 is 0 Å². The van der Waals surface area contributed by atoms with Gasteiger partial charge in [0.05, 0.1) is 0 Å². The lowest BCUT2D eigenvalue weighted by Crippen LogP contribution is -2.32. The van der Waals surface area contributed by atoms with E-state index < -0.39 is 0 Å². The SMILES string of the molecule is c1cncc(CN2CCC(c3cccc(-n4ccnc4)n3)CC2)c1. The van der Waals surface area contributed by atoms with Crippen LogP contribution in [0.2, 0.25) is 0 Å². The van der Waals surface area contributed by atoms with Crippen LogP contribution in [0.4, 0.5) is 0 Å². The topological polar surface area (TPSA) is 46.8 Å². The molecule has 3 aromatic heterocycles. The van der Waals surface area contributed by atoms with Crippen molar-refractivity contribution in [2.24, 2.45) is 0 Å². The van der Waals surface area contributed by atoms with E-state index in [-0.39, 0.29) is 0 Å². The van der Waals surface area contributed by atoms with Crippen LogP contribution in [0.25, 0.3) is 5.82 Å². The molecule has 0 aromatic carbocycles. The Labute approximate surface area is 142 Å². The van der Waals surface area contributed by atoms with Crippen LogP contribution < -0.4 is 0 Å². The van der Waals surface area contributed by atoms with E-state index in [0.717, 1.165) is 38.3 Å². The first kappa shape index (κ1) is 15.0. The molecule has 4 rings (SSSR count). The predicted octanol–water partition coefficient (Wildman–Crippen LogP) is 3.04. The van der Waals surface area contributed by atoms with Crippen LogP contribution in [0.5, 0.6) is 0 Å². The second-order valence-electron chi connectivity index (χ2n) is 6.30. The largest absolute Gasteiger partial charge is 0.299 e. The van der Waals surface area contributed by atoms with Crippen molar-refractivity contribution in [3.05, 3.63) is 72.7 Å². The molecule has 5 heteroatoms. The average Bonchev–Trinajstić information content (AvgIpc) is 3.18. The lowest BCUT2D eigenvalue weighted by molar-refractivity contribution is 0.203. The summed E-state index contributed by atoms with van der Waals surface area (Å²) in [6, 6.07) is 10.4. The van der Waals surface area contributed by atoms with E-state index in [1.807, 2.05) is 35.3 Å². The molecule has 1 aliphatic heterocycles. The molecule has 1 fully saturated rings. The molecule has 1 saturated heterocycles. The van der Waals surface area contributed by atoms with Gasteiger partial charge in [0.2, 0.25) is 0 Å². The van der Waals surface area contributed by atoms with Gasteiger partial charge in [-0.3, -0.25) is 14.5 Å². The summed E-state index contributed by atoms with van der Waals surface area (Å²) >= 11 is 0. The third-order valence-electron chi connectivity index (χ3n) is 4.66. The van der Waals surface area contributed by atoms with Crippen LogP contribution in [-0.4, -0.2) is 37.5 Å². The molecule has 5 nitrogen and oxygen atoms in total. The van der Waals surface area contributed by atoms with Gasteiger partial charge in [0, 0.05) is 42.9 Å². The van der Waals surface area contributed by atoms with Crippen LogP contribution in [0.3, 0.4) is 0 Å². The van der Waals surface area contributed by atoms with Gasteiger partial charge in [0.15, 0.2) is 0 Å².